The van der Waals surface area contributed by atoms with Crippen LogP contribution in [0.3, 0.4) is 0 Å². The van der Waals surface area contributed by atoms with Crippen LogP contribution >= 0.6 is 0 Å². The van der Waals surface area contributed by atoms with Crippen LogP contribution in [-0.2, 0) is 0 Å². The minimum Gasteiger partial charge on any atom is -0.497 e. The van der Waals surface area contributed by atoms with Crippen molar-refractivity contribution in [3.8, 4) is 11.5 Å². The molecular weight excluding hydrogens is 230 g/mol. The van der Waals surface area contributed by atoms with Gasteiger partial charge in [0.1, 0.15) is 11.5 Å². The molecule has 0 bridgehead atoms. The van der Waals surface area contributed by atoms with Gasteiger partial charge < -0.3 is 15.2 Å². The summed E-state index contributed by atoms with van der Waals surface area (Å²) in [5.41, 5.74) is 6.35. The van der Waals surface area contributed by atoms with Crippen molar-refractivity contribution in [2.24, 2.45) is 5.73 Å². The Hall–Kier alpha value is -1.55. The largest absolute Gasteiger partial charge is 0.497 e. The molecule has 0 unspecified atom stereocenters. The Morgan fingerprint density at radius 1 is 1.33 bits per heavy atom. The lowest BCUT2D eigenvalue weighted by atomic mass is 9.74. The van der Waals surface area contributed by atoms with Gasteiger partial charge in [-0.25, -0.2) is 0 Å². The van der Waals surface area contributed by atoms with Gasteiger partial charge in [-0.15, -0.1) is 0 Å². The summed E-state index contributed by atoms with van der Waals surface area (Å²) in [5, 5.41) is 0. The number of hydrogen-bond donors (Lipinski definition) is 1. The lowest BCUT2D eigenvalue weighted by Gasteiger charge is -2.37. The van der Waals surface area contributed by atoms with Crippen molar-refractivity contribution >= 4 is 5.78 Å². The first kappa shape index (κ1) is 12.9. The van der Waals surface area contributed by atoms with Crippen molar-refractivity contribution < 1.29 is 14.3 Å². The van der Waals surface area contributed by atoms with E-state index in [-0.39, 0.29) is 11.3 Å². The van der Waals surface area contributed by atoms with Crippen molar-refractivity contribution in [2.45, 2.75) is 31.2 Å². The van der Waals surface area contributed by atoms with Crippen LogP contribution in [0.15, 0.2) is 18.2 Å². The van der Waals surface area contributed by atoms with Crippen LogP contribution in [0.4, 0.5) is 0 Å². The van der Waals surface area contributed by atoms with Gasteiger partial charge in [0.25, 0.3) is 0 Å². The normalized spacial score (nSPS) is 16.8. The van der Waals surface area contributed by atoms with Gasteiger partial charge in [0.15, 0.2) is 5.78 Å². The molecule has 1 aromatic rings. The van der Waals surface area contributed by atoms with Crippen molar-refractivity contribution in [3.63, 3.8) is 0 Å². The van der Waals surface area contributed by atoms with E-state index in [1.165, 1.54) is 0 Å². The first-order valence-corrected chi connectivity index (χ1v) is 6.12. The number of ketones is 1. The van der Waals surface area contributed by atoms with Gasteiger partial charge in [-0.1, -0.05) is 0 Å². The van der Waals surface area contributed by atoms with Gasteiger partial charge >= 0.3 is 0 Å². The first-order valence-electron chi connectivity index (χ1n) is 6.12. The lowest BCUT2D eigenvalue weighted by molar-refractivity contribution is 0.0909. The second-order valence-electron chi connectivity index (χ2n) is 4.88. The van der Waals surface area contributed by atoms with Crippen molar-refractivity contribution in [3.05, 3.63) is 23.8 Å². The Kier molecular flexibility index (Phi) is 3.57. The van der Waals surface area contributed by atoms with Gasteiger partial charge in [0, 0.05) is 12.0 Å². The Balaban J connectivity index is 2.22. The number of hydrogen-bond acceptors (Lipinski definition) is 4. The van der Waals surface area contributed by atoms with Crippen molar-refractivity contribution in [1.29, 1.82) is 0 Å². The van der Waals surface area contributed by atoms with E-state index in [1.54, 1.807) is 32.4 Å². The lowest BCUT2D eigenvalue weighted by Crippen LogP contribution is -2.48. The molecule has 1 aromatic carbocycles. The molecule has 4 heteroatoms. The number of Topliss-reactive ketones (excluding diaryl/α,β-unsaturated/α-hetero) is 1. The van der Waals surface area contributed by atoms with E-state index in [1.807, 2.05) is 0 Å². The van der Waals surface area contributed by atoms with E-state index >= 15 is 0 Å². The molecule has 1 fully saturated rings. The zero-order valence-corrected chi connectivity index (χ0v) is 10.9. The summed E-state index contributed by atoms with van der Waals surface area (Å²) in [6.45, 7) is 0. The number of carbonyl (C=O) groups is 1. The molecule has 2 N–H and O–H groups in total. The van der Waals surface area contributed by atoms with Crippen LogP contribution < -0.4 is 15.2 Å². The van der Waals surface area contributed by atoms with E-state index < -0.39 is 0 Å². The van der Waals surface area contributed by atoms with Crippen LogP contribution in [0.1, 0.15) is 36.0 Å². The smallest absolute Gasteiger partial charge is 0.168 e. The third kappa shape index (κ3) is 2.48. The highest BCUT2D eigenvalue weighted by Gasteiger charge is 2.35. The number of nitrogens with two attached hydrogens (primary N) is 1. The zero-order chi connectivity index (χ0) is 13.2. The van der Waals surface area contributed by atoms with Crippen molar-refractivity contribution in [2.75, 3.05) is 14.2 Å². The number of rotatable bonds is 5. The molecule has 0 aliphatic heterocycles. The van der Waals surface area contributed by atoms with Crippen LogP contribution in [0, 0.1) is 0 Å². The van der Waals surface area contributed by atoms with Crippen LogP contribution in [0.25, 0.3) is 0 Å². The fourth-order valence-electron chi connectivity index (χ4n) is 2.25. The topological polar surface area (TPSA) is 61.5 Å². The molecule has 0 heterocycles. The average molecular weight is 249 g/mol. The van der Waals surface area contributed by atoms with Crippen LogP contribution in [0.5, 0.6) is 11.5 Å². The molecule has 2 rings (SSSR count). The first-order chi connectivity index (χ1) is 8.58. The molecule has 4 nitrogen and oxygen atoms in total. The standard InChI is InChI=1S/C14H19NO3/c1-17-10-4-5-13(18-2)11(8-10)12(16)9-14(15)6-3-7-14/h4-5,8H,3,6-7,9,15H2,1-2H3. The van der Waals surface area contributed by atoms with Gasteiger partial charge in [-0.3, -0.25) is 4.79 Å². The monoisotopic (exact) mass is 249 g/mol. The Morgan fingerprint density at radius 2 is 2.06 bits per heavy atom. The second-order valence-corrected chi connectivity index (χ2v) is 4.88. The molecule has 0 aromatic heterocycles. The highest BCUT2D eigenvalue weighted by atomic mass is 16.5. The third-order valence-corrected chi connectivity index (χ3v) is 3.57. The number of carbonyl (C=O) groups excluding carboxylic acids is 1. The van der Waals surface area contributed by atoms with E-state index in [0.717, 1.165) is 19.3 Å². The maximum absolute atomic E-state index is 12.3. The molecule has 1 saturated carbocycles. The average Bonchev–Trinajstić information content (AvgIpc) is 2.36. The van der Waals surface area contributed by atoms with Gasteiger partial charge in [0.2, 0.25) is 0 Å². The molecule has 0 atom stereocenters. The van der Waals surface area contributed by atoms with E-state index in [0.29, 0.717) is 23.5 Å². The summed E-state index contributed by atoms with van der Waals surface area (Å²) < 4.78 is 10.4. The fraction of sp³-hybridized carbons (Fsp3) is 0.500. The third-order valence-electron chi connectivity index (χ3n) is 3.57. The number of ether oxygens (including phenoxy) is 2. The summed E-state index contributed by atoms with van der Waals surface area (Å²) >= 11 is 0. The Labute approximate surface area is 107 Å². The van der Waals surface area contributed by atoms with Crippen molar-refractivity contribution in [1.82, 2.24) is 0 Å². The second kappa shape index (κ2) is 4.98. The summed E-state index contributed by atoms with van der Waals surface area (Å²) in [6.07, 6.45) is 3.33. The molecule has 1 aliphatic rings. The highest BCUT2D eigenvalue weighted by molar-refractivity contribution is 5.99. The summed E-state index contributed by atoms with van der Waals surface area (Å²) in [6, 6.07) is 5.23. The molecule has 0 saturated heterocycles. The molecule has 18 heavy (non-hydrogen) atoms. The highest BCUT2D eigenvalue weighted by Crippen LogP contribution is 2.35. The van der Waals surface area contributed by atoms with Gasteiger partial charge in [-0.05, 0) is 37.5 Å². The Bertz CT molecular complexity index is 452. The maximum atomic E-state index is 12.3. The SMILES string of the molecule is COc1ccc(OC)c(C(=O)CC2(N)CCC2)c1. The number of benzene rings is 1. The minimum atomic E-state index is -0.314. The van der Waals surface area contributed by atoms with E-state index in [2.05, 4.69) is 0 Å². The Morgan fingerprint density at radius 3 is 2.56 bits per heavy atom. The molecular formula is C14H19NO3. The summed E-state index contributed by atoms with van der Waals surface area (Å²) in [5.74, 6) is 1.25. The quantitative estimate of drug-likeness (QED) is 0.812. The number of methoxy groups -OCH3 is 2. The molecule has 0 radical (unpaired) electrons. The fourth-order valence-corrected chi connectivity index (χ4v) is 2.25. The predicted octanol–water partition coefficient (Wildman–Crippen LogP) is 2.16. The molecule has 0 amide bonds. The van der Waals surface area contributed by atoms with Crippen LogP contribution in [-0.4, -0.2) is 25.5 Å². The van der Waals surface area contributed by atoms with Gasteiger partial charge in [0.05, 0.1) is 19.8 Å². The molecule has 0 spiro atoms. The van der Waals surface area contributed by atoms with Gasteiger partial charge in [-0.2, -0.15) is 0 Å². The predicted molar refractivity (Wildman–Crippen MR) is 69.3 cm³/mol. The summed E-state index contributed by atoms with van der Waals surface area (Å²) in [7, 11) is 3.13. The molecule has 98 valence electrons. The summed E-state index contributed by atoms with van der Waals surface area (Å²) in [4.78, 5) is 12.3. The molecule has 1 aliphatic carbocycles. The minimum absolute atomic E-state index is 0.0213. The van der Waals surface area contributed by atoms with E-state index in [9.17, 15) is 4.79 Å². The zero-order valence-electron chi connectivity index (χ0n) is 10.9. The maximum Gasteiger partial charge on any atom is 0.168 e. The van der Waals surface area contributed by atoms with Crippen LogP contribution in [0.2, 0.25) is 0 Å². The van der Waals surface area contributed by atoms with E-state index in [4.69, 9.17) is 15.2 Å².